The lowest BCUT2D eigenvalue weighted by Crippen LogP contribution is -2.18. The van der Waals surface area contributed by atoms with E-state index < -0.39 is 17.7 Å². The Hall–Kier alpha value is -3.60. The topological polar surface area (TPSA) is 76.7 Å². The Morgan fingerprint density at radius 2 is 1.58 bits per heavy atom. The molecule has 26 heavy (non-hydrogen) atoms. The normalized spacial score (nSPS) is 12.2. The largest absolute Gasteiger partial charge is 0.478 e. The highest BCUT2D eigenvalue weighted by Crippen LogP contribution is 2.29. The van der Waals surface area contributed by atoms with Crippen LogP contribution in [0.25, 0.3) is 21.7 Å². The van der Waals surface area contributed by atoms with E-state index in [1.54, 1.807) is 60.7 Å². The Bertz CT molecular complexity index is 1160. The number of carbonyl (C=O) groups is 1. The maximum atomic E-state index is 12.2. The van der Waals surface area contributed by atoms with Crippen LogP contribution < -0.4 is 10.4 Å². The van der Waals surface area contributed by atoms with Gasteiger partial charge in [-0.2, -0.15) is 0 Å². The summed E-state index contributed by atoms with van der Waals surface area (Å²) < 4.78 is 11.0. The number of ether oxygens (including phenoxy) is 1. The van der Waals surface area contributed by atoms with Gasteiger partial charge < -0.3 is 14.3 Å². The fraction of sp³-hybridized carbons (Fsp3) is 0.0476. The smallest absolute Gasteiger partial charge is 0.349 e. The molecule has 1 heterocycles. The average molecular weight is 346 g/mol. The average Bonchev–Trinajstić information content (AvgIpc) is 2.66. The quantitative estimate of drug-likeness (QED) is 0.444. The van der Waals surface area contributed by atoms with Gasteiger partial charge in [0, 0.05) is 17.0 Å². The first-order valence-electron chi connectivity index (χ1n) is 8.03. The summed E-state index contributed by atoms with van der Waals surface area (Å²) in [6.07, 6.45) is -1.15. The number of carboxylic acids is 1. The number of aliphatic carboxylic acids is 1. The molecule has 5 heteroatoms. The molecular weight excluding hydrogens is 332 g/mol. The van der Waals surface area contributed by atoms with Crippen LogP contribution >= 0.6 is 0 Å². The van der Waals surface area contributed by atoms with Crippen LogP contribution in [0.15, 0.2) is 82.0 Å². The van der Waals surface area contributed by atoms with Crippen LogP contribution in [-0.2, 0) is 4.79 Å². The molecule has 0 saturated heterocycles. The predicted molar refractivity (Wildman–Crippen MR) is 97.4 cm³/mol. The first kappa shape index (κ1) is 15.9. The minimum Gasteiger partial charge on any atom is -0.478 e. The molecule has 3 aromatic carbocycles. The second-order valence-corrected chi connectivity index (χ2v) is 5.84. The number of carboxylic acid groups (broad SMARTS) is 1. The number of rotatable bonds is 4. The molecule has 4 rings (SSSR count). The Morgan fingerprint density at radius 1 is 0.885 bits per heavy atom. The summed E-state index contributed by atoms with van der Waals surface area (Å²) in [6.45, 7) is 0. The summed E-state index contributed by atoms with van der Waals surface area (Å²) in [4.78, 5) is 23.8. The monoisotopic (exact) mass is 346 g/mol. The molecular formula is C21H14O5. The third kappa shape index (κ3) is 2.80. The summed E-state index contributed by atoms with van der Waals surface area (Å²) in [5.41, 5.74) is 0.437. The summed E-state index contributed by atoms with van der Waals surface area (Å²) in [6, 6.07) is 20.8. The maximum absolute atomic E-state index is 12.2. The van der Waals surface area contributed by atoms with Crippen molar-refractivity contribution in [3.63, 3.8) is 0 Å². The van der Waals surface area contributed by atoms with E-state index in [1.165, 1.54) is 0 Å². The van der Waals surface area contributed by atoms with Gasteiger partial charge in [-0.15, -0.1) is 0 Å². The van der Waals surface area contributed by atoms with Crippen molar-refractivity contribution in [1.82, 2.24) is 0 Å². The van der Waals surface area contributed by atoms with E-state index in [0.29, 0.717) is 22.3 Å². The minimum atomic E-state index is -1.15. The molecule has 0 saturated carbocycles. The molecule has 0 radical (unpaired) electrons. The van der Waals surface area contributed by atoms with Gasteiger partial charge in [0.15, 0.2) is 0 Å². The molecule has 5 nitrogen and oxygen atoms in total. The second kappa shape index (κ2) is 6.37. The van der Waals surface area contributed by atoms with Gasteiger partial charge in [-0.3, -0.25) is 0 Å². The summed E-state index contributed by atoms with van der Waals surface area (Å²) >= 11 is 0. The third-order valence-corrected chi connectivity index (χ3v) is 4.17. The van der Waals surface area contributed by atoms with Crippen LogP contribution in [0.4, 0.5) is 0 Å². The lowest BCUT2D eigenvalue weighted by molar-refractivity contribution is -0.145. The van der Waals surface area contributed by atoms with Gasteiger partial charge in [-0.05, 0) is 23.6 Å². The van der Waals surface area contributed by atoms with Crippen LogP contribution in [0.5, 0.6) is 5.75 Å². The number of hydrogen-bond donors (Lipinski definition) is 1. The van der Waals surface area contributed by atoms with Crippen molar-refractivity contribution in [3.8, 4) is 5.75 Å². The molecule has 1 aromatic heterocycles. The van der Waals surface area contributed by atoms with Crippen LogP contribution in [0.3, 0.4) is 0 Å². The lowest BCUT2D eigenvalue weighted by atomic mass is 10.1. The van der Waals surface area contributed by atoms with Crippen LogP contribution in [0.2, 0.25) is 0 Å². The van der Waals surface area contributed by atoms with Crippen LogP contribution in [-0.4, -0.2) is 11.1 Å². The first-order valence-corrected chi connectivity index (χ1v) is 8.03. The molecule has 0 unspecified atom stereocenters. The fourth-order valence-corrected chi connectivity index (χ4v) is 2.96. The molecule has 0 aliphatic rings. The molecule has 128 valence electrons. The van der Waals surface area contributed by atoms with Crippen molar-refractivity contribution in [2.24, 2.45) is 0 Å². The van der Waals surface area contributed by atoms with Gasteiger partial charge in [0.2, 0.25) is 6.10 Å². The van der Waals surface area contributed by atoms with E-state index in [-0.39, 0.29) is 0 Å². The van der Waals surface area contributed by atoms with Gasteiger partial charge in [-0.25, -0.2) is 9.59 Å². The van der Waals surface area contributed by atoms with E-state index in [1.807, 2.05) is 12.1 Å². The Morgan fingerprint density at radius 3 is 2.31 bits per heavy atom. The zero-order valence-electron chi connectivity index (χ0n) is 13.6. The SMILES string of the molecule is O=C(O)[C@H](Oc1ccc2c(c1)oc(=O)c1ccccc12)c1ccccc1. The van der Waals surface area contributed by atoms with E-state index in [4.69, 9.17) is 9.15 Å². The zero-order valence-corrected chi connectivity index (χ0v) is 13.6. The standard InChI is InChI=1S/C21H14O5/c22-20(23)19(13-6-2-1-3-7-13)25-14-10-11-16-15-8-4-5-9-17(15)21(24)26-18(16)12-14/h1-12,19H,(H,22,23)/t19-/m1/s1. The highest BCUT2D eigenvalue weighted by Gasteiger charge is 2.22. The highest BCUT2D eigenvalue weighted by atomic mass is 16.5. The number of benzene rings is 3. The molecule has 4 aromatic rings. The fourth-order valence-electron chi connectivity index (χ4n) is 2.96. The van der Waals surface area contributed by atoms with Crippen LogP contribution in [0, 0.1) is 0 Å². The third-order valence-electron chi connectivity index (χ3n) is 4.17. The van der Waals surface area contributed by atoms with E-state index in [0.717, 1.165) is 10.8 Å². The lowest BCUT2D eigenvalue weighted by Gasteiger charge is -2.15. The molecule has 0 amide bonds. The van der Waals surface area contributed by atoms with Crippen molar-refractivity contribution in [1.29, 1.82) is 0 Å². The van der Waals surface area contributed by atoms with E-state index in [9.17, 15) is 14.7 Å². The highest BCUT2D eigenvalue weighted by molar-refractivity contribution is 6.04. The Balaban J connectivity index is 1.79. The molecule has 0 spiro atoms. The minimum absolute atomic E-state index is 0.312. The van der Waals surface area contributed by atoms with Gasteiger partial charge in [-0.1, -0.05) is 48.5 Å². The van der Waals surface area contributed by atoms with E-state index >= 15 is 0 Å². The zero-order chi connectivity index (χ0) is 18.1. The summed E-state index contributed by atoms with van der Waals surface area (Å²) in [7, 11) is 0. The van der Waals surface area contributed by atoms with Crippen molar-refractivity contribution in [2.45, 2.75) is 6.10 Å². The molecule has 0 bridgehead atoms. The maximum Gasteiger partial charge on any atom is 0.349 e. The molecule has 1 atom stereocenters. The summed E-state index contributed by atoms with van der Waals surface area (Å²) in [5.74, 6) is -0.788. The number of hydrogen-bond acceptors (Lipinski definition) is 4. The van der Waals surface area contributed by atoms with Gasteiger partial charge in [0.25, 0.3) is 0 Å². The Kier molecular flexibility index (Phi) is 3.89. The summed E-state index contributed by atoms with van der Waals surface area (Å²) in [5, 5.41) is 11.5. The van der Waals surface area contributed by atoms with Crippen molar-refractivity contribution >= 4 is 27.7 Å². The molecule has 0 aliphatic heterocycles. The Labute approximate surface area is 148 Å². The van der Waals surface area contributed by atoms with Crippen molar-refractivity contribution in [2.75, 3.05) is 0 Å². The van der Waals surface area contributed by atoms with Gasteiger partial charge >= 0.3 is 11.6 Å². The molecule has 1 N–H and O–H groups in total. The van der Waals surface area contributed by atoms with Gasteiger partial charge in [0.05, 0.1) is 5.39 Å². The van der Waals surface area contributed by atoms with Gasteiger partial charge in [0.1, 0.15) is 11.3 Å². The molecule has 0 aliphatic carbocycles. The second-order valence-electron chi connectivity index (χ2n) is 5.84. The van der Waals surface area contributed by atoms with Crippen LogP contribution in [0.1, 0.15) is 11.7 Å². The van der Waals surface area contributed by atoms with Crippen molar-refractivity contribution in [3.05, 3.63) is 88.8 Å². The van der Waals surface area contributed by atoms with Crippen molar-refractivity contribution < 1.29 is 19.1 Å². The molecule has 0 fully saturated rings. The van der Waals surface area contributed by atoms with E-state index in [2.05, 4.69) is 0 Å². The number of fused-ring (bicyclic) bond motifs is 3. The predicted octanol–water partition coefficient (Wildman–Crippen LogP) is 4.15. The first-order chi connectivity index (χ1) is 12.6.